The van der Waals surface area contributed by atoms with E-state index in [1.807, 2.05) is 0 Å². The van der Waals surface area contributed by atoms with Crippen molar-refractivity contribution in [2.75, 3.05) is 39.3 Å². The Morgan fingerprint density at radius 1 is 1.31 bits per heavy atom. The van der Waals surface area contributed by atoms with Gasteiger partial charge in [-0.2, -0.15) is 0 Å². The molecule has 0 aliphatic carbocycles. The summed E-state index contributed by atoms with van der Waals surface area (Å²) in [6.45, 7) is 12.2. The van der Waals surface area contributed by atoms with E-state index < -0.39 is 0 Å². The Morgan fingerprint density at radius 3 is 3.00 bits per heavy atom. The van der Waals surface area contributed by atoms with Crippen LogP contribution in [0.4, 0.5) is 0 Å². The van der Waals surface area contributed by atoms with Crippen molar-refractivity contribution >= 4 is 0 Å². The lowest BCUT2D eigenvalue weighted by molar-refractivity contribution is 0.0363. The fourth-order valence-corrected chi connectivity index (χ4v) is 2.98. The van der Waals surface area contributed by atoms with E-state index in [-0.39, 0.29) is 0 Å². The van der Waals surface area contributed by atoms with E-state index in [0.29, 0.717) is 0 Å². The maximum atomic E-state index is 3.52. The molecule has 0 radical (unpaired) electrons. The first kappa shape index (κ1) is 12.3. The molecule has 0 aromatic carbocycles. The van der Waals surface area contributed by atoms with Gasteiger partial charge in [-0.05, 0) is 13.3 Å². The van der Waals surface area contributed by atoms with Crippen LogP contribution in [0.15, 0.2) is 0 Å². The molecule has 0 spiro atoms. The van der Waals surface area contributed by atoms with Gasteiger partial charge in [-0.3, -0.25) is 9.80 Å². The average Bonchev–Trinajstić information content (AvgIpc) is 2.35. The molecule has 3 nitrogen and oxygen atoms in total. The second kappa shape index (κ2) is 5.99. The standard InChI is InChI=1S/C13H27N3/c1-3-4-5-12(2)16-9-8-15-7-6-14-10-13(15)11-16/h12-14H,3-11H2,1-2H3. The fraction of sp³-hybridized carbons (Fsp3) is 1.00. The first-order chi connectivity index (χ1) is 7.81. The van der Waals surface area contributed by atoms with Gasteiger partial charge in [0.25, 0.3) is 0 Å². The Labute approximate surface area is 100 Å². The molecule has 2 saturated heterocycles. The third-order valence-corrected chi connectivity index (χ3v) is 4.19. The molecule has 2 unspecified atom stereocenters. The lowest BCUT2D eigenvalue weighted by Crippen LogP contribution is -2.62. The van der Waals surface area contributed by atoms with E-state index in [4.69, 9.17) is 0 Å². The number of rotatable bonds is 4. The molecule has 1 N–H and O–H groups in total. The van der Waals surface area contributed by atoms with Gasteiger partial charge in [0.2, 0.25) is 0 Å². The van der Waals surface area contributed by atoms with Gasteiger partial charge in [0.1, 0.15) is 0 Å². The summed E-state index contributed by atoms with van der Waals surface area (Å²) in [5.41, 5.74) is 0. The van der Waals surface area contributed by atoms with Gasteiger partial charge in [0.15, 0.2) is 0 Å². The number of piperazine rings is 2. The maximum Gasteiger partial charge on any atom is 0.0349 e. The summed E-state index contributed by atoms with van der Waals surface area (Å²) in [5, 5.41) is 3.52. The van der Waals surface area contributed by atoms with Crippen LogP contribution < -0.4 is 5.32 Å². The van der Waals surface area contributed by atoms with Crippen LogP contribution in [-0.4, -0.2) is 61.2 Å². The van der Waals surface area contributed by atoms with Gasteiger partial charge in [0, 0.05) is 51.4 Å². The van der Waals surface area contributed by atoms with Gasteiger partial charge in [-0.15, -0.1) is 0 Å². The Kier molecular flexibility index (Phi) is 4.62. The lowest BCUT2D eigenvalue weighted by Gasteiger charge is -2.46. The highest BCUT2D eigenvalue weighted by atomic mass is 15.3. The van der Waals surface area contributed by atoms with Crippen molar-refractivity contribution in [3.63, 3.8) is 0 Å². The van der Waals surface area contributed by atoms with Crippen LogP contribution in [0, 0.1) is 0 Å². The van der Waals surface area contributed by atoms with Gasteiger partial charge in [-0.25, -0.2) is 0 Å². The van der Waals surface area contributed by atoms with Crippen molar-refractivity contribution in [1.29, 1.82) is 0 Å². The van der Waals surface area contributed by atoms with Gasteiger partial charge in [0.05, 0.1) is 0 Å². The highest BCUT2D eigenvalue weighted by Crippen LogP contribution is 2.16. The largest absolute Gasteiger partial charge is 0.314 e. The summed E-state index contributed by atoms with van der Waals surface area (Å²) in [6.07, 6.45) is 4.08. The lowest BCUT2D eigenvalue weighted by atomic mass is 10.0. The monoisotopic (exact) mass is 225 g/mol. The predicted molar refractivity (Wildman–Crippen MR) is 68.8 cm³/mol. The minimum atomic E-state index is 0.770. The van der Waals surface area contributed by atoms with Crippen molar-refractivity contribution in [2.45, 2.75) is 45.2 Å². The van der Waals surface area contributed by atoms with Crippen LogP contribution in [0.3, 0.4) is 0 Å². The van der Waals surface area contributed by atoms with Crippen molar-refractivity contribution in [3.8, 4) is 0 Å². The van der Waals surface area contributed by atoms with Crippen LogP contribution in [0.2, 0.25) is 0 Å². The summed E-state index contributed by atoms with van der Waals surface area (Å²) in [4.78, 5) is 5.36. The molecule has 3 heteroatoms. The van der Waals surface area contributed by atoms with Crippen LogP contribution >= 0.6 is 0 Å². The Morgan fingerprint density at radius 2 is 2.19 bits per heavy atom. The molecule has 0 bridgehead atoms. The van der Waals surface area contributed by atoms with Crippen LogP contribution in [-0.2, 0) is 0 Å². The first-order valence-electron chi connectivity index (χ1n) is 7.00. The average molecular weight is 225 g/mol. The van der Waals surface area contributed by atoms with Crippen LogP contribution in [0.5, 0.6) is 0 Å². The van der Waals surface area contributed by atoms with E-state index >= 15 is 0 Å². The molecule has 94 valence electrons. The molecule has 2 aliphatic rings. The van der Waals surface area contributed by atoms with Crippen LogP contribution in [0.25, 0.3) is 0 Å². The van der Waals surface area contributed by atoms with Crippen LogP contribution in [0.1, 0.15) is 33.1 Å². The van der Waals surface area contributed by atoms with Crippen molar-refractivity contribution in [3.05, 3.63) is 0 Å². The third kappa shape index (κ3) is 2.96. The number of unbranched alkanes of at least 4 members (excludes halogenated alkanes) is 1. The SMILES string of the molecule is CCCCC(C)N1CCN2CCNCC2C1. The van der Waals surface area contributed by atoms with Crippen molar-refractivity contribution < 1.29 is 0 Å². The van der Waals surface area contributed by atoms with E-state index in [0.717, 1.165) is 12.1 Å². The molecule has 2 fully saturated rings. The molecule has 2 heterocycles. The number of nitrogens with zero attached hydrogens (tertiary/aromatic N) is 2. The summed E-state index contributed by atoms with van der Waals surface area (Å²) in [5.74, 6) is 0. The van der Waals surface area contributed by atoms with Gasteiger partial charge >= 0.3 is 0 Å². The molecule has 16 heavy (non-hydrogen) atoms. The number of nitrogens with one attached hydrogen (secondary N) is 1. The Hall–Kier alpha value is -0.120. The fourth-order valence-electron chi connectivity index (χ4n) is 2.98. The number of fused-ring (bicyclic) bond motifs is 1. The molecular weight excluding hydrogens is 198 g/mol. The normalized spacial score (nSPS) is 30.0. The first-order valence-corrected chi connectivity index (χ1v) is 7.00. The van der Waals surface area contributed by atoms with Crippen molar-refractivity contribution in [2.24, 2.45) is 0 Å². The zero-order valence-corrected chi connectivity index (χ0v) is 10.9. The van der Waals surface area contributed by atoms with E-state index in [2.05, 4.69) is 29.0 Å². The van der Waals surface area contributed by atoms with E-state index in [1.165, 1.54) is 58.5 Å². The summed E-state index contributed by atoms with van der Waals surface area (Å²) >= 11 is 0. The second-order valence-corrected chi connectivity index (χ2v) is 5.38. The molecule has 0 aromatic rings. The molecule has 0 aromatic heterocycles. The smallest absolute Gasteiger partial charge is 0.0349 e. The predicted octanol–water partition coefficient (Wildman–Crippen LogP) is 1.15. The maximum absolute atomic E-state index is 3.52. The highest BCUT2D eigenvalue weighted by Gasteiger charge is 2.30. The molecule has 2 atom stereocenters. The van der Waals surface area contributed by atoms with Gasteiger partial charge in [-0.1, -0.05) is 19.8 Å². The zero-order chi connectivity index (χ0) is 11.4. The van der Waals surface area contributed by atoms with E-state index in [9.17, 15) is 0 Å². The Bertz CT molecular complexity index is 207. The third-order valence-electron chi connectivity index (χ3n) is 4.19. The topological polar surface area (TPSA) is 18.5 Å². The quantitative estimate of drug-likeness (QED) is 0.774. The molecule has 0 saturated carbocycles. The molecule has 0 amide bonds. The summed E-state index contributed by atoms with van der Waals surface area (Å²) in [6, 6.07) is 1.55. The second-order valence-electron chi connectivity index (χ2n) is 5.38. The highest BCUT2D eigenvalue weighted by molar-refractivity contribution is 4.88. The molecular formula is C13H27N3. The summed E-state index contributed by atoms with van der Waals surface area (Å²) < 4.78 is 0. The Balaban J connectivity index is 1.79. The number of hydrogen-bond donors (Lipinski definition) is 1. The number of hydrogen-bond acceptors (Lipinski definition) is 3. The molecule has 2 aliphatic heterocycles. The minimum absolute atomic E-state index is 0.770. The summed E-state index contributed by atoms with van der Waals surface area (Å²) in [7, 11) is 0. The zero-order valence-electron chi connectivity index (χ0n) is 10.9. The minimum Gasteiger partial charge on any atom is -0.314 e. The van der Waals surface area contributed by atoms with Gasteiger partial charge < -0.3 is 5.32 Å². The van der Waals surface area contributed by atoms with E-state index in [1.54, 1.807) is 0 Å². The molecule has 2 rings (SSSR count). The van der Waals surface area contributed by atoms with Crippen molar-refractivity contribution in [1.82, 2.24) is 15.1 Å².